The van der Waals surface area contributed by atoms with Crippen molar-refractivity contribution in [3.8, 4) is 0 Å². The van der Waals surface area contributed by atoms with Gasteiger partial charge >= 0.3 is 0 Å². The predicted molar refractivity (Wildman–Crippen MR) is 94.4 cm³/mol. The van der Waals surface area contributed by atoms with Crippen molar-refractivity contribution in [2.24, 2.45) is 0 Å². The third-order valence-electron chi connectivity index (χ3n) is 3.76. The Balaban J connectivity index is 1.57. The fourth-order valence-electron chi connectivity index (χ4n) is 2.63. The minimum Gasteiger partial charge on any atom is -0.462 e. The van der Waals surface area contributed by atoms with E-state index < -0.39 is 0 Å². The first kappa shape index (κ1) is 13.7. The van der Waals surface area contributed by atoms with Gasteiger partial charge < -0.3 is 4.74 Å². The molecule has 22 heavy (non-hydrogen) atoms. The number of hydrogen-bond donors (Lipinski definition) is 0. The number of nitrogens with zero attached hydrogens (tertiary/aromatic N) is 2. The van der Waals surface area contributed by atoms with Crippen LogP contribution < -0.4 is 4.90 Å². The zero-order valence-corrected chi connectivity index (χ0v) is 13.4. The van der Waals surface area contributed by atoms with Crippen LogP contribution in [0.1, 0.15) is 18.1 Å². The molecule has 0 aliphatic carbocycles. The van der Waals surface area contributed by atoms with Gasteiger partial charge in [-0.05, 0) is 29.9 Å². The van der Waals surface area contributed by atoms with Gasteiger partial charge in [0.1, 0.15) is 6.10 Å². The summed E-state index contributed by atoms with van der Waals surface area (Å²) in [6.45, 7) is 0.832. The van der Waals surface area contributed by atoms with Gasteiger partial charge in [-0.25, -0.2) is 4.98 Å². The molecule has 4 rings (SSSR count). The van der Waals surface area contributed by atoms with Crippen LogP contribution in [0.15, 0.2) is 54.6 Å². The molecule has 1 unspecified atom stereocenters. The van der Waals surface area contributed by atoms with E-state index in [9.17, 15) is 0 Å². The molecule has 2 aromatic carbocycles. The van der Waals surface area contributed by atoms with Crippen molar-refractivity contribution in [1.82, 2.24) is 4.98 Å². The van der Waals surface area contributed by atoms with Crippen LogP contribution in [0.25, 0.3) is 10.2 Å². The second kappa shape index (κ2) is 5.66. The van der Waals surface area contributed by atoms with Crippen LogP contribution in [0, 0.1) is 0 Å². The summed E-state index contributed by atoms with van der Waals surface area (Å²) in [5.74, 6) is 0. The van der Waals surface area contributed by atoms with E-state index in [1.165, 1.54) is 10.3 Å². The van der Waals surface area contributed by atoms with Crippen LogP contribution >= 0.6 is 23.6 Å². The van der Waals surface area contributed by atoms with Crippen LogP contribution in [-0.4, -0.2) is 16.7 Å². The molecule has 0 amide bonds. The maximum atomic E-state index is 5.96. The molecule has 1 fully saturated rings. The number of thiocarbonyl (C=S) groups is 1. The number of para-hydroxylation sites is 1. The van der Waals surface area contributed by atoms with Crippen molar-refractivity contribution in [3.05, 3.63) is 60.2 Å². The highest BCUT2D eigenvalue weighted by atomic mass is 32.1. The third kappa shape index (κ3) is 2.46. The zero-order chi connectivity index (χ0) is 14.9. The first-order valence-corrected chi connectivity index (χ1v) is 8.42. The van der Waals surface area contributed by atoms with E-state index in [0.29, 0.717) is 5.17 Å². The van der Waals surface area contributed by atoms with E-state index in [-0.39, 0.29) is 6.10 Å². The van der Waals surface area contributed by atoms with E-state index in [0.717, 1.165) is 23.6 Å². The van der Waals surface area contributed by atoms with Gasteiger partial charge in [-0.3, -0.25) is 4.90 Å². The van der Waals surface area contributed by atoms with Crippen molar-refractivity contribution < 1.29 is 4.74 Å². The number of anilines is 1. The highest BCUT2D eigenvalue weighted by molar-refractivity contribution is 7.80. The summed E-state index contributed by atoms with van der Waals surface area (Å²) >= 11 is 7.11. The quantitative estimate of drug-likeness (QED) is 0.645. The van der Waals surface area contributed by atoms with Crippen LogP contribution in [0.2, 0.25) is 0 Å². The number of aromatic nitrogens is 1. The summed E-state index contributed by atoms with van der Waals surface area (Å²) in [5, 5.41) is 1.43. The molecule has 110 valence electrons. The molecule has 3 aromatic rings. The van der Waals surface area contributed by atoms with Gasteiger partial charge in [0.15, 0.2) is 5.13 Å². The van der Waals surface area contributed by atoms with E-state index in [1.807, 2.05) is 41.3 Å². The van der Waals surface area contributed by atoms with Crippen LogP contribution in [-0.2, 0) is 4.74 Å². The summed E-state index contributed by atoms with van der Waals surface area (Å²) in [4.78, 5) is 6.66. The molecular weight excluding hydrogens is 312 g/mol. The van der Waals surface area contributed by atoms with Crippen molar-refractivity contribution in [2.45, 2.75) is 12.5 Å². The number of hydrogen-bond acceptors (Lipinski definition) is 4. The van der Waals surface area contributed by atoms with Crippen molar-refractivity contribution in [1.29, 1.82) is 0 Å². The molecule has 0 radical (unpaired) electrons. The molecule has 0 N–H and O–H groups in total. The van der Waals surface area contributed by atoms with Gasteiger partial charge in [-0.2, -0.15) is 0 Å². The molecule has 2 heterocycles. The fraction of sp³-hybridized carbons (Fsp3) is 0.176. The second-order valence-electron chi connectivity index (χ2n) is 5.19. The number of ether oxygens (including phenoxy) is 1. The molecule has 1 aromatic heterocycles. The maximum absolute atomic E-state index is 5.96. The average molecular weight is 326 g/mol. The molecule has 0 spiro atoms. The van der Waals surface area contributed by atoms with E-state index in [1.54, 1.807) is 11.3 Å². The van der Waals surface area contributed by atoms with Crippen LogP contribution in [0.5, 0.6) is 0 Å². The monoisotopic (exact) mass is 326 g/mol. The Morgan fingerprint density at radius 1 is 1.09 bits per heavy atom. The third-order valence-corrected chi connectivity index (χ3v) is 5.14. The summed E-state index contributed by atoms with van der Waals surface area (Å²) in [7, 11) is 0. The molecule has 1 atom stereocenters. The lowest BCUT2D eigenvalue weighted by molar-refractivity contribution is 0.166. The molecular formula is C17H14N2OS2. The van der Waals surface area contributed by atoms with Crippen LogP contribution in [0.4, 0.5) is 5.13 Å². The van der Waals surface area contributed by atoms with Gasteiger partial charge in [0.05, 0.1) is 10.2 Å². The van der Waals surface area contributed by atoms with Gasteiger partial charge in [-0.1, -0.05) is 53.8 Å². The first-order chi connectivity index (χ1) is 10.8. The fourth-order valence-corrected chi connectivity index (χ4v) is 3.98. The Bertz CT molecular complexity index is 783. The SMILES string of the molecule is S=C1OC(c2ccccc2)CCN1c1nc2ccccc2s1. The average Bonchev–Trinajstić information content (AvgIpc) is 2.99. The van der Waals surface area contributed by atoms with Gasteiger partial charge in [0.2, 0.25) is 0 Å². The summed E-state index contributed by atoms with van der Waals surface area (Å²) in [6.07, 6.45) is 0.944. The van der Waals surface area contributed by atoms with Crippen molar-refractivity contribution in [3.63, 3.8) is 0 Å². The Morgan fingerprint density at radius 3 is 2.64 bits per heavy atom. The van der Waals surface area contributed by atoms with Gasteiger partial charge in [-0.15, -0.1) is 0 Å². The van der Waals surface area contributed by atoms with Gasteiger partial charge in [0.25, 0.3) is 5.17 Å². The van der Waals surface area contributed by atoms with Gasteiger partial charge in [0, 0.05) is 13.0 Å². The molecule has 1 aliphatic heterocycles. The number of thiazole rings is 1. The Labute approximate surface area is 138 Å². The number of fused-ring (bicyclic) bond motifs is 1. The maximum Gasteiger partial charge on any atom is 0.266 e. The minimum absolute atomic E-state index is 0.0410. The predicted octanol–water partition coefficient (Wildman–Crippen LogP) is 4.55. The number of rotatable bonds is 2. The Hall–Kier alpha value is -1.98. The lowest BCUT2D eigenvalue weighted by Gasteiger charge is -2.32. The Kier molecular flexibility index (Phi) is 3.52. The highest BCUT2D eigenvalue weighted by Crippen LogP contribution is 2.34. The first-order valence-electron chi connectivity index (χ1n) is 7.20. The van der Waals surface area contributed by atoms with E-state index in [2.05, 4.69) is 23.2 Å². The summed E-state index contributed by atoms with van der Waals surface area (Å²) < 4.78 is 7.13. The lowest BCUT2D eigenvalue weighted by atomic mass is 10.1. The normalized spacial score (nSPS) is 18.5. The molecule has 5 heteroatoms. The van der Waals surface area contributed by atoms with E-state index >= 15 is 0 Å². The van der Waals surface area contributed by atoms with Crippen LogP contribution in [0.3, 0.4) is 0 Å². The smallest absolute Gasteiger partial charge is 0.266 e. The zero-order valence-electron chi connectivity index (χ0n) is 11.8. The second-order valence-corrected chi connectivity index (χ2v) is 6.55. The largest absolute Gasteiger partial charge is 0.462 e. The molecule has 1 saturated heterocycles. The van der Waals surface area contributed by atoms with E-state index in [4.69, 9.17) is 17.0 Å². The Morgan fingerprint density at radius 2 is 1.86 bits per heavy atom. The topological polar surface area (TPSA) is 25.4 Å². The molecule has 0 saturated carbocycles. The lowest BCUT2D eigenvalue weighted by Crippen LogP contribution is -2.38. The summed E-state index contributed by atoms with van der Waals surface area (Å²) in [6, 6.07) is 18.4. The molecule has 1 aliphatic rings. The van der Waals surface area contributed by atoms with Crippen molar-refractivity contribution >= 4 is 44.1 Å². The summed E-state index contributed by atoms with van der Waals surface area (Å²) in [5.41, 5.74) is 2.18. The standard InChI is InChI=1S/C17H14N2OS2/c21-17-19(16-18-13-8-4-5-9-15(13)22-16)11-10-14(20-17)12-6-2-1-3-7-12/h1-9,14H,10-11H2. The van der Waals surface area contributed by atoms with Crippen molar-refractivity contribution in [2.75, 3.05) is 11.4 Å². The minimum atomic E-state index is 0.0410. The number of benzene rings is 2. The highest BCUT2D eigenvalue weighted by Gasteiger charge is 2.28. The molecule has 0 bridgehead atoms. The molecule has 3 nitrogen and oxygen atoms in total.